The molecule has 0 fully saturated rings. The maximum Gasteiger partial charge on any atom is 0.573 e. The van der Waals surface area contributed by atoms with Crippen molar-refractivity contribution >= 4 is 0 Å². The fraction of sp³-hybridized carbons (Fsp3) is 0.273. The van der Waals surface area contributed by atoms with Crippen LogP contribution in [0, 0.1) is 0 Å². The maximum atomic E-state index is 12.2. The van der Waals surface area contributed by atoms with Crippen LogP contribution in [-0.4, -0.2) is 21.5 Å². The highest BCUT2D eigenvalue weighted by Crippen LogP contribution is 2.25. The largest absolute Gasteiger partial charge is 0.573 e. The summed E-state index contributed by atoms with van der Waals surface area (Å²) in [4.78, 5) is 3.89. The molecule has 0 spiro atoms. The van der Waals surface area contributed by atoms with Gasteiger partial charge >= 0.3 is 6.36 Å². The number of rotatable bonds is 5. The number of nitrogens with one attached hydrogen (secondary N) is 2. The van der Waals surface area contributed by atoms with E-state index in [9.17, 15) is 13.2 Å². The van der Waals surface area contributed by atoms with Gasteiger partial charge in [0.1, 0.15) is 17.9 Å². The third-order valence-corrected chi connectivity index (χ3v) is 2.27. The van der Waals surface area contributed by atoms with Gasteiger partial charge in [-0.3, -0.25) is 5.10 Å². The summed E-state index contributed by atoms with van der Waals surface area (Å²) in [7, 11) is 0. The van der Waals surface area contributed by atoms with Crippen molar-refractivity contribution in [2.24, 2.45) is 0 Å². The molecule has 102 valence electrons. The average Bonchev–Trinajstić information content (AvgIpc) is 2.82. The molecule has 0 amide bonds. The smallest absolute Gasteiger partial charge is 0.405 e. The van der Waals surface area contributed by atoms with E-state index >= 15 is 0 Å². The van der Waals surface area contributed by atoms with E-state index in [0.29, 0.717) is 17.9 Å². The van der Waals surface area contributed by atoms with Crippen LogP contribution in [0.1, 0.15) is 11.4 Å². The highest BCUT2D eigenvalue weighted by atomic mass is 19.4. The van der Waals surface area contributed by atoms with Crippen molar-refractivity contribution in [1.29, 1.82) is 0 Å². The molecule has 2 rings (SSSR count). The van der Waals surface area contributed by atoms with Crippen LogP contribution in [0.3, 0.4) is 0 Å². The van der Waals surface area contributed by atoms with Crippen molar-refractivity contribution < 1.29 is 17.9 Å². The first-order chi connectivity index (χ1) is 9.04. The quantitative estimate of drug-likeness (QED) is 0.873. The second kappa shape index (κ2) is 5.70. The molecule has 2 aromatic rings. The number of nitrogens with zero attached hydrogens (tertiary/aromatic N) is 2. The molecule has 0 aliphatic rings. The lowest BCUT2D eigenvalue weighted by molar-refractivity contribution is -0.274. The molecular weight excluding hydrogens is 261 g/mol. The molecule has 2 N–H and O–H groups in total. The highest BCUT2D eigenvalue weighted by Gasteiger charge is 2.31. The number of para-hydroxylation sites is 1. The fourth-order valence-electron chi connectivity index (χ4n) is 1.51. The van der Waals surface area contributed by atoms with Crippen molar-refractivity contribution in [3.05, 3.63) is 42.0 Å². The Bertz CT molecular complexity index is 513. The SMILES string of the molecule is FC(F)(F)Oc1ccccc1CNCc1ncn[nH]1. The number of benzene rings is 1. The average molecular weight is 272 g/mol. The minimum absolute atomic E-state index is 0.208. The van der Waals surface area contributed by atoms with Gasteiger partial charge in [-0.25, -0.2) is 4.98 Å². The van der Waals surface area contributed by atoms with Gasteiger partial charge in [0, 0.05) is 12.1 Å². The molecule has 8 heteroatoms. The lowest BCUT2D eigenvalue weighted by Crippen LogP contribution is -2.20. The molecule has 1 aromatic heterocycles. The molecule has 0 atom stereocenters. The Morgan fingerprint density at radius 3 is 2.68 bits per heavy atom. The topological polar surface area (TPSA) is 62.8 Å². The molecule has 0 aliphatic carbocycles. The number of aromatic amines is 1. The first-order valence-corrected chi connectivity index (χ1v) is 5.43. The van der Waals surface area contributed by atoms with E-state index in [-0.39, 0.29) is 12.3 Å². The van der Waals surface area contributed by atoms with Gasteiger partial charge < -0.3 is 10.1 Å². The van der Waals surface area contributed by atoms with Crippen molar-refractivity contribution in [1.82, 2.24) is 20.5 Å². The van der Waals surface area contributed by atoms with E-state index in [4.69, 9.17) is 0 Å². The van der Waals surface area contributed by atoms with Crippen LogP contribution in [0.2, 0.25) is 0 Å². The van der Waals surface area contributed by atoms with Gasteiger partial charge in [0.05, 0.1) is 6.54 Å². The van der Waals surface area contributed by atoms with Crippen LogP contribution in [0.5, 0.6) is 5.75 Å². The standard InChI is InChI=1S/C11H11F3N4O/c12-11(13,14)19-9-4-2-1-3-8(9)5-15-6-10-16-7-17-18-10/h1-4,7,15H,5-6H2,(H,16,17,18). The molecule has 0 bridgehead atoms. The predicted molar refractivity (Wildman–Crippen MR) is 60.1 cm³/mol. The lowest BCUT2D eigenvalue weighted by atomic mass is 10.2. The van der Waals surface area contributed by atoms with Gasteiger partial charge in [0.2, 0.25) is 0 Å². The van der Waals surface area contributed by atoms with Crippen LogP contribution in [0.15, 0.2) is 30.6 Å². The van der Waals surface area contributed by atoms with Crippen LogP contribution in [-0.2, 0) is 13.1 Å². The molecule has 1 aromatic carbocycles. The van der Waals surface area contributed by atoms with E-state index in [1.54, 1.807) is 12.1 Å². The maximum absolute atomic E-state index is 12.2. The Morgan fingerprint density at radius 2 is 2.00 bits per heavy atom. The van der Waals surface area contributed by atoms with Gasteiger partial charge in [-0.05, 0) is 6.07 Å². The van der Waals surface area contributed by atoms with Crippen LogP contribution in [0.4, 0.5) is 13.2 Å². The molecular formula is C11H11F3N4O. The van der Waals surface area contributed by atoms with Gasteiger partial charge in [-0.1, -0.05) is 18.2 Å². The second-order valence-electron chi connectivity index (χ2n) is 3.69. The summed E-state index contributed by atoms with van der Waals surface area (Å²) in [5.41, 5.74) is 0.416. The summed E-state index contributed by atoms with van der Waals surface area (Å²) < 4.78 is 40.5. The molecule has 19 heavy (non-hydrogen) atoms. The van der Waals surface area contributed by atoms with Crippen molar-refractivity contribution in [2.45, 2.75) is 19.5 Å². The van der Waals surface area contributed by atoms with Crippen molar-refractivity contribution in [3.63, 3.8) is 0 Å². The van der Waals surface area contributed by atoms with E-state index in [1.165, 1.54) is 18.5 Å². The zero-order valence-electron chi connectivity index (χ0n) is 9.74. The van der Waals surface area contributed by atoms with Gasteiger partial charge in [-0.15, -0.1) is 13.2 Å². The number of aromatic nitrogens is 3. The number of hydrogen-bond acceptors (Lipinski definition) is 4. The minimum Gasteiger partial charge on any atom is -0.405 e. The first-order valence-electron chi connectivity index (χ1n) is 5.43. The highest BCUT2D eigenvalue weighted by molar-refractivity contribution is 5.33. The molecule has 0 unspecified atom stereocenters. The fourth-order valence-corrected chi connectivity index (χ4v) is 1.51. The number of ether oxygens (including phenoxy) is 1. The molecule has 5 nitrogen and oxygen atoms in total. The van der Waals surface area contributed by atoms with E-state index < -0.39 is 6.36 Å². The monoisotopic (exact) mass is 272 g/mol. The number of hydrogen-bond donors (Lipinski definition) is 2. The van der Waals surface area contributed by atoms with E-state index in [1.807, 2.05) is 0 Å². The first kappa shape index (κ1) is 13.3. The summed E-state index contributed by atoms with van der Waals surface area (Å²) in [6, 6.07) is 5.98. The molecule has 0 radical (unpaired) electrons. The zero-order valence-corrected chi connectivity index (χ0v) is 9.74. The summed E-state index contributed by atoms with van der Waals surface area (Å²) >= 11 is 0. The third kappa shape index (κ3) is 4.25. The Labute approximate surface area is 106 Å². The number of H-pyrrole nitrogens is 1. The van der Waals surface area contributed by atoms with Crippen LogP contribution < -0.4 is 10.1 Å². The third-order valence-electron chi connectivity index (χ3n) is 2.27. The van der Waals surface area contributed by atoms with Gasteiger partial charge in [-0.2, -0.15) is 5.10 Å². The van der Waals surface area contributed by atoms with Crippen LogP contribution >= 0.6 is 0 Å². The second-order valence-corrected chi connectivity index (χ2v) is 3.69. The van der Waals surface area contributed by atoms with Crippen LogP contribution in [0.25, 0.3) is 0 Å². The molecule has 0 aliphatic heterocycles. The summed E-state index contributed by atoms with van der Waals surface area (Å²) in [6.07, 6.45) is -3.33. The molecule has 0 saturated carbocycles. The van der Waals surface area contributed by atoms with Crippen molar-refractivity contribution in [2.75, 3.05) is 0 Å². The minimum atomic E-state index is -4.69. The Morgan fingerprint density at radius 1 is 1.21 bits per heavy atom. The van der Waals surface area contributed by atoms with Gasteiger partial charge in [0.15, 0.2) is 0 Å². The summed E-state index contributed by atoms with van der Waals surface area (Å²) in [5, 5.41) is 9.25. The summed E-state index contributed by atoms with van der Waals surface area (Å²) in [5.74, 6) is 0.397. The Kier molecular flexibility index (Phi) is 4.00. The summed E-state index contributed by atoms with van der Waals surface area (Å²) in [6.45, 7) is 0.604. The van der Waals surface area contributed by atoms with Gasteiger partial charge in [0.25, 0.3) is 0 Å². The number of alkyl halides is 3. The zero-order chi connectivity index (χ0) is 13.7. The van der Waals surface area contributed by atoms with E-state index in [0.717, 1.165) is 0 Å². The Hall–Kier alpha value is -2.09. The predicted octanol–water partition coefficient (Wildman–Crippen LogP) is 1.99. The van der Waals surface area contributed by atoms with E-state index in [2.05, 4.69) is 25.2 Å². The molecule has 1 heterocycles. The van der Waals surface area contributed by atoms with Crippen molar-refractivity contribution in [3.8, 4) is 5.75 Å². The molecule has 0 saturated heterocycles. The normalized spacial score (nSPS) is 11.5. The lowest BCUT2D eigenvalue weighted by Gasteiger charge is -2.13. The number of halogens is 3. The Balaban J connectivity index is 1.96.